The van der Waals surface area contributed by atoms with Crippen molar-refractivity contribution in [3.05, 3.63) is 78.1 Å². The Morgan fingerprint density at radius 2 is 1.77 bits per heavy atom. The molecular formula is C18H19N3O. The number of para-hydroxylation sites is 2. The summed E-state index contributed by atoms with van der Waals surface area (Å²) in [5, 5.41) is 7.82. The number of hydrogen-bond donors (Lipinski definition) is 1. The molecule has 4 heteroatoms. The maximum absolute atomic E-state index is 5.35. The highest BCUT2D eigenvalue weighted by atomic mass is 16.5. The molecule has 2 aromatic carbocycles. The summed E-state index contributed by atoms with van der Waals surface area (Å²) in [4.78, 5) is 0. The van der Waals surface area contributed by atoms with Gasteiger partial charge in [0, 0.05) is 30.4 Å². The second kappa shape index (κ2) is 6.91. The molecule has 22 heavy (non-hydrogen) atoms. The lowest BCUT2D eigenvalue weighted by molar-refractivity contribution is 0.407. The van der Waals surface area contributed by atoms with Gasteiger partial charge in [0.05, 0.1) is 19.0 Å². The quantitative estimate of drug-likeness (QED) is 0.758. The Balaban J connectivity index is 1.60. The number of rotatable bonds is 6. The standard InChI is InChI=1S/C18H19N3O/c1-22-18-10-6-5-7-16(18)13-19-11-15-12-20-21(14-15)17-8-3-2-4-9-17/h2-10,12,14,19H,11,13H2,1H3. The van der Waals surface area contributed by atoms with E-state index in [0.29, 0.717) is 0 Å². The molecule has 1 N–H and O–H groups in total. The Kier molecular flexibility index (Phi) is 4.51. The van der Waals surface area contributed by atoms with Gasteiger partial charge in [0.2, 0.25) is 0 Å². The Hall–Kier alpha value is -2.59. The van der Waals surface area contributed by atoms with Gasteiger partial charge in [0.25, 0.3) is 0 Å². The van der Waals surface area contributed by atoms with E-state index in [9.17, 15) is 0 Å². The summed E-state index contributed by atoms with van der Waals surface area (Å²) in [7, 11) is 1.70. The van der Waals surface area contributed by atoms with E-state index >= 15 is 0 Å². The smallest absolute Gasteiger partial charge is 0.123 e. The summed E-state index contributed by atoms with van der Waals surface area (Å²) in [5.74, 6) is 0.912. The van der Waals surface area contributed by atoms with Crippen molar-refractivity contribution in [2.24, 2.45) is 0 Å². The molecule has 0 saturated carbocycles. The van der Waals surface area contributed by atoms with E-state index < -0.39 is 0 Å². The van der Waals surface area contributed by atoms with Gasteiger partial charge in [-0.2, -0.15) is 5.10 Å². The minimum absolute atomic E-state index is 0.764. The summed E-state index contributed by atoms with van der Waals surface area (Å²) < 4.78 is 7.24. The fraction of sp³-hybridized carbons (Fsp3) is 0.167. The third-order valence-electron chi connectivity index (χ3n) is 3.49. The van der Waals surface area contributed by atoms with Crippen molar-refractivity contribution in [1.29, 1.82) is 0 Å². The average Bonchev–Trinajstić information content (AvgIpc) is 3.05. The maximum atomic E-state index is 5.35. The van der Waals surface area contributed by atoms with Crippen LogP contribution in [-0.2, 0) is 13.1 Å². The summed E-state index contributed by atoms with van der Waals surface area (Å²) in [6.45, 7) is 1.53. The van der Waals surface area contributed by atoms with Gasteiger partial charge >= 0.3 is 0 Å². The van der Waals surface area contributed by atoms with Crippen LogP contribution in [0.5, 0.6) is 5.75 Å². The van der Waals surface area contributed by atoms with E-state index in [1.807, 2.05) is 65.6 Å². The summed E-state index contributed by atoms with van der Waals surface area (Å²) in [6.07, 6.45) is 3.94. The lowest BCUT2D eigenvalue weighted by Crippen LogP contribution is -2.12. The Morgan fingerprint density at radius 3 is 2.59 bits per heavy atom. The second-order valence-electron chi connectivity index (χ2n) is 5.04. The van der Waals surface area contributed by atoms with Gasteiger partial charge < -0.3 is 10.1 Å². The zero-order valence-corrected chi connectivity index (χ0v) is 12.6. The summed E-state index contributed by atoms with van der Waals surface area (Å²) in [6, 6.07) is 18.1. The van der Waals surface area contributed by atoms with Crippen LogP contribution in [0.1, 0.15) is 11.1 Å². The van der Waals surface area contributed by atoms with E-state index in [0.717, 1.165) is 35.7 Å². The first-order chi connectivity index (χ1) is 10.9. The van der Waals surface area contributed by atoms with Crippen molar-refractivity contribution in [3.63, 3.8) is 0 Å². The number of benzene rings is 2. The molecule has 3 rings (SSSR count). The third kappa shape index (κ3) is 3.35. The first kappa shape index (κ1) is 14.4. The van der Waals surface area contributed by atoms with Crippen LogP contribution in [0.4, 0.5) is 0 Å². The molecule has 0 atom stereocenters. The van der Waals surface area contributed by atoms with Gasteiger partial charge in [-0.05, 0) is 18.2 Å². The van der Waals surface area contributed by atoms with E-state index in [1.54, 1.807) is 7.11 Å². The van der Waals surface area contributed by atoms with Gasteiger partial charge in [-0.1, -0.05) is 36.4 Å². The van der Waals surface area contributed by atoms with Gasteiger partial charge in [-0.15, -0.1) is 0 Å². The highest BCUT2D eigenvalue weighted by molar-refractivity contribution is 5.33. The van der Waals surface area contributed by atoms with Crippen LogP contribution in [0.2, 0.25) is 0 Å². The lowest BCUT2D eigenvalue weighted by atomic mass is 10.2. The van der Waals surface area contributed by atoms with Crippen molar-refractivity contribution in [2.75, 3.05) is 7.11 Å². The zero-order valence-electron chi connectivity index (χ0n) is 12.6. The van der Waals surface area contributed by atoms with Crippen LogP contribution in [0, 0.1) is 0 Å². The molecular weight excluding hydrogens is 274 g/mol. The molecule has 0 aliphatic heterocycles. The number of ether oxygens (including phenoxy) is 1. The molecule has 112 valence electrons. The molecule has 0 amide bonds. The van der Waals surface area contributed by atoms with E-state index in [4.69, 9.17) is 4.74 Å². The fourth-order valence-electron chi connectivity index (χ4n) is 2.36. The average molecular weight is 293 g/mol. The highest BCUT2D eigenvalue weighted by Gasteiger charge is 2.03. The first-order valence-electron chi connectivity index (χ1n) is 7.28. The number of nitrogens with zero attached hydrogens (tertiary/aromatic N) is 2. The van der Waals surface area contributed by atoms with Crippen molar-refractivity contribution in [2.45, 2.75) is 13.1 Å². The normalized spacial score (nSPS) is 10.6. The predicted octanol–water partition coefficient (Wildman–Crippen LogP) is 3.17. The lowest BCUT2D eigenvalue weighted by Gasteiger charge is -2.08. The van der Waals surface area contributed by atoms with Crippen LogP contribution in [0.25, 0.3) is 5.69 Å². The highest BCUT2D eigenvalue weighted by Crippen LogP contribution is 2.17. The minimum Gasteiger partial charge on any atom is -0.496 e. The van der Waals surface area contributed by atoms with Crippen molar-refractivity contribution in [1.82, 2.24) is 15.1 Å². The predicted molar refractivity (Wildman–Crippen MR) is 87.1 cm³/mol. The summed E-state index contributed by atoms with van der Waals surface area (Å²) in [5.41, 5.74) is 3.37. The van der Waals surface area contributed by atoms with Crippen LogP contribution in [0.15, 0.2) is 67.0 Å². The molecule has 0 unspecified atom stereocenters. The molecule has 0 aliphatic carbocycles. The molecule has 0 aliphatic rings. The number of hydrogen-bond acceptors (Lipinski definition) is 3. The number of nitrogens with one attached hydrogen (secondary N) is 1. The molecule has 0 bridgehead atoms. The van der Waals surface area contributed by atoms with E-state index in [-0.39, 0.29) is 0 Å². The van der Waals surface area contributed by atoms with Crippen LogP contribution in [0.3, 0.4) is 0 Å². The Morgan fingerprint density at radius 1 is 1.00 bits per heavy atom. The zero-order chi connectivity index (χ0) is 15.2. The largest absolute Gasteiger partial charge is 0.496 e. The summed E-state index contributed by atoms with van der Waals surface area (Å²) >= 11 is 0. The van der Waals surface area contributed by atoms with Gasteiger partial charge in [-0.25, -0.2) is 4.68 Å². The van der Waals surface area contributed by atoms with E-state index in [1.165, 1.54) is 0 Å². The third-order valence-corrected chi connectivity index (χ3v) is 3.49. The Labute approximate surface area is 130 Å². The van der Waals surface area contributed by atoms with Crippen molar-refractivity contribution < 1.29 is 4.74 Å². The van der Waals surface area contributed by atoms with E-state index in [2.05, 4.69) is 16.5 Å². The van der Waals surface area contributed by atoms with Crippen molar-refractivity contribution >= 4 is 0 Å². The second-order valence-corrected chi connectivity index (χ2v) is 5.04. The van der Waals surface area contributed by atoms with Crippen LogP contribution in [-0.4, -0.2) is 16.9 Å². The number of aromatic nitrogens is 2. The van der Waals surface area contributed by atoms with Crippen molar-refractivity contribution in [3.8, 4) is 11.4 Å². The molecule has 0 radical (unpaired) electrons. The molecule has 3 aromatic rings. The fourth-order valence-corrected chi connectivity index (χ4v) is 2.36. The van der Waals surface area contributed by atoms with Crippen LogP contribution >= 0.6 is 0 Å². The monoisotopic (exact) mass is 293 g/mol. The number of methoxy groups -OCH3 is 1. The van der Waals surface area contributed by atoms with Gasteiger partial charge in [0.15, 0.2) is 0 Å². The Bertz CT molecular complexity index is 722. The molecule has 4 nitrogen and oxygen atoms in total. The topological polar surface area (TPSA) is 39.1 Å². The molecule has 0 fully saturated rings. The minimum atomic E-state index is 0.764. The SMILES string of the molecule is COc1ccccc1CNCc1cnn(-c2ccccc2)c1. The molecule has 1 heterocycles. The van der Waals surface area contributed by atoms with Gasteiger partial charge in [0.1, 0.15) is 5.75 Å². The molecule has 1 aromatic heterocycles. The molecule has 0 saturated heterocycles. The van der Waals surface area contributed by atoms with Gasteiger partial charge in [-0.3, -0.25) is 0 Å². The van der Waals surface area contributed by atoms with Crippen LogP contribution < -0.4 is 10.1 Å². The maximum Gasteiger partial charge on any atom is 0.123 e. The first-order valence-corrected chi connectivity index (χ1v) is 7.28. The molecule has 0 spiro atoms.